The number of carbonyl (C=O) groups excluding carboxylic acids is 3. The highest BCUT2D eigenvalue weighted by molar-refractivity contribution is 5.95. The Balaban J connectivity index is 5.62. The Morgan fingerprint density at radius 1 is 0.806 bits per heavy atom. The molecule has 0 aromatic rings. The average Bonchev–Trinajstić information content (AvgIpc) is 2.75. The lowest BCUT2D eigenvalue weighted by atomic mass is 10.0. The lowest BCUT2D eigenvalue weighted by molar-refractivity contribution is -0.144. The zero-order chi connectivity index (χ0) is 28.0. The normalized spacial score (nSPS) is 14.0. The topological polar surface area (TPSA) is 290 Å². The van der Waals surface area contributed by atoms with Crippen molar-refractivity contribution in [2.45, 2.75) is 70.1 Å². The number of hydrogen-bond donors (Lipinski definition) is 9. The Kier molecular flexibility index (Phi) is 14.1. The third-order valence-electron chi connectivity index (χ3n) is 4.83. The number of guanidine groups is 1. The average molecular weight is 518 g/mol. The molecule has 0 saturated heterocycles. The molecule has 204 valence electrons. The number of aliphatic carboxylic acids is 3. The van der Waals surface area contributed by atoms with Crippen molar-refractivity contribution < 1.29 is 44.1 Å². The van der Waals surface area contributed by atoms with E-state index in [0.717, 1.165) is 0 Å². The van der Waals surface area contributed by atoms with Crippen molar-refractivity contribution in [1.82, 2.24) is 16.0 Å². The standard InChI is InChI=1S/C20H35N7O9/c1-9(2)15(19(35)36)27-17(33)11(4-3-7-24-20(22)23)25-18(34)12(8-14(30)31)26-16(32)10(21)5-6-13(28)29/h9-12,15H,3-8,21H2,1-2H3,(H,25,34)(H,26,32)(H,27,33)(H,28,29)(H,30,31)(H,35,36)(H4,22,23,24). The van der Waals surface area contributed by atoms with Gasteiger partial charge in [0, 0.05) is 13.0 Å². The second kappa shape index (κ2) is 15.9. The second-order valence-electron chi connectivity index (χ2n) is 8.28. The number of carboxylic acids is 3. The molecule has 0 aliphatic rings. The van der Waals surface area contributed by atoms with Crippen LogP contribution in [-0.2, 0) is 28.8 Å². The van der Waals surface area contributed by atoms with E-state index in [-0.39, 0.29) is 31.8 Å². The summed E-state index contributed by atoms with van der Waals surface area (Å²) in [5.74, 6) is -7.50. The Morgan fingerprint density at radius 3 is 1.83 bits per heavy atom. The van der Waals surface area contributed by atoms with Crippen LogP contribution < -0.4 is 33.2 Å². The van der Waals surface area contributed by atoms with E-state index in [1.54, 1.807) is 13.8 Å². The number of rotatable bonds is 17. The molecule has 4 unspecified atom stereocenters. The van der Waals surface area contributed by atoms with Gasteiger partial charge in [-0.2, -0.15) is 0 Å². The number of amides is 3. The van der Waals surface area contributed by atoms with Gasteiger partial charge < -0.3 is 48.5 Å². The summed E-state index contributed by atoms with van der Waals surface area (Å²) >= 11 is 0. The predicted octanol–water partition coefficient (Wildman–Crippen LogP) is -3.10. The van der Waals surface area contributed by atoms with Crippen molar-refractivity contribution in [2.24, 2.45) is 28.1 Å². The maximum absolute atomic E-state index is 12.8. The third kappa shape index (κ3) is 13.1. The van der Waals surface area contributed by atoms with Gasteiger partial charge in [0.2, 0.25) is 17.7 Å². The summed E-state index contributed by atoms with van der Waals surface area (Å²) in [6.45, 7) is 3.22. The number of carboxylic acid groups (broad SMARTS) is 3. The minimum absolute atomic E-state index is 0.0509. The van der Waals surface area contributed by atoms with E-state index in [1.807, 2.05) is 0 Å². The fraction of sp³-hybridized carbons (Fsp3) is 0.650. The molecule has 16 heteroatoms. The van der Waals surface area contributed by atoms with E-state index >= 15 is 0 Å². The fourth-order valence-corrected chi connectivity index (χ4v) is 2.88. The van der Waals surface area contributed by atoms with Gasteiger partial charge in [0.25, 0.3) is 0 Å². The summed E-state index contributed by atoms with van der Waals surface area (Å²) in [4.78, 5) is 75.0. The molecule has 0 fully saturated rings. The second-order valence-corrected chi connectivity index (χ2v) is 8.28. The molecule has 0 aromatic carbocycles. The largest absolute Gasteiger partial charge is 0.481 e. The molecule has 0 bridgehead atoms. The molecular weight excluding hydrogens is 482 g/mol. The molecule has 16 nitrogen and oxygen atoms in total. The maximum atomic E-state index is 12.8. The van der Waals surface area contributed by atoms with Gasteiger partial charge >= 0.3 is 17.9 Å². The van der Waals surface area contributed by atoms with Gasteiger partial charge in [0.05, 0.1) is 12.5 Å². The molecule has 12 N–H and O–H groups in total. The van der Waals surface area contributed by atoms with Crippen LogP contribution in [0.3, 0.4) is 0 Å². The van der Waals surface area contributed by atoms with Gasteiger partial charge in [0.1, 0.15) is 18.1 Å². The molecule has 3 amide bonds. The zero-order valence-corrected chi connectivity index (χ0v) is 20.1. The Morgan fingerprint density at radius 2 is 1.36 bits per heavy atom. The summed E-state index contributed by atoms with van der Waals surface area (Å²) in [6, 6.07) is -5.57. The number of nitrogens with zero attached hydrogens (tertiary/aromatic N) is 1. The van der Waals surface area contributed by atoms with Crippen LogP contribution in [0.15, 0.2) is 4.99 Å². The molecule has 0 spiro atoms. The Bertz CT molecular complexity index is 843. The van der Waals surface area contributed by atoms with Crippen molar-refractivity contribution in [3.05, 3.63) is 0 Å². The van der Waals surface area contributed by atoms with E-state index in [1.165, 1.54) is 0 Å². The van der Waals surface area contributed by atoms with Crippen LogP contribution in [-0.4, -0.2) is 87.6 Å². The lowest BCUT2D eigenvalue weighted by Crippen LogP contribution is -2.58. The predicted molar refractivity (Wildman–Crippen MR) is 125 cm³/mol. The Hall–Kier alpha value is -3.95. The zero-order valence-electron chi connectivity index (χ0n) is 20.1. The number of nitrogens with one attached hydrogen (secondary N) is 3. The monoisotopic (exact) mass is 517 g/mol. The van der Waals surface area contributed by atoms with Gasteiger partial charge in [-0.3, -0.25) is 29.0 Å². The molecule has 36 heavy (non-hydrogen) atoms. The van der Waals surface area contributed by atoms with Crippen LogP contribution in [0.1, 0.15) is 46.0 Å². The van der Waals surface area contributed by atoms with Crippen molar-refractivity contribution >= 4 is 41.6 Å². The SMILES string of the molecule is CC(C)C(NC(=O)C(CCCN=C(N)N)NC(=O)C(CC(=O)O)NC(=O)C(N)CCC(=O)O)C(=O)O. The van der Waals surface area contributed by atoms with E-state index in [4.69, 9.17) is 27.4 Å². The van der Waals surface area contributed by atoms with Crippen molar-refractivity contribution in [3.8, 4) is 0 Å². The summed E-state index contributed by atoms with van der Waals surface area (Å²) in [7, 11) is 0. The van der Waals surface area contributed by atoms with E-state index < -0.39 is 78.6 Å². The maximum Gasteiger partial charge on any atom is 0.326 e. The summed E-state index contributed by atoms with van der Waals surface area (Å²) in [6.07, 6.45) is -1.42. The van der Waals surface area contributed by atoms with Crippen molar-refractivity contribution in [2.75, 3.05) is 6.54 Å². The first kappa shape index (κ1) is 32.0. The van der Waals surface area contributed by atoms with Crippen LogP contribution in [0.5, 0.6) is 0 Å². The van der Waals surface area contributed by atoms with Gasteiger partial charge in [-0.1, -0.05) is 13.8 Å². The number of aliphatic imine (C=N–C) groups is 1. The number of carbonyl (C=O) groups is 6. The van der Waals surface area contributed by atoms with Gasteiger partial charge in [-0.05, 0) is 25.2 Å². The first-order chi connectivity index (χ1) is 16.6. The van der Waals surface area contributed by atoms with E-state index in [0.29, 0.717) is 0 Å². The van der Waals surface area contributed by atoms with Crippen LogP contribution in [0.2, 0.25) is 0 Å². The van der Waals surface area contributed by atoms with Crippen LogP contribution >= 0.6 is 0 Å². The molecule has 0 aromatic heterocycles. The summed E-state index contributed by atoms with van der Waals surface area (Å²) < 4.78 is 0. The highest BCUT2D eigenvalue weighted by Crippen LogP contribution is 2.06. The molecule has 4 atom stereocenters. The Labute approximate surface area is 207 Å². The van der Waals surface area contributed by atoms with Gasteiger partial charge in [0.15, 0.2) is 5.96 Å². The highest BCUT2D eigenvalue weighted by Gasteiger charge is 2.32. The molecule has 0 radical (unpaired) electrons. The lowest BCUT2D eigenvalue weighted by Gasteiger charge is -2.25. The van der Waals surface area contributed by atoms with Crippen LogP contribution in [0, 0.1) is 5.92 Å². The molecule has 0 aliphatic carbocycles. The summed E-state index contributed by atoms with van der Waals surface area (Å²) in [5.41, 5.74) is 16.1. The van der Waals surface area contributed by atoms with Crippen molar-refractivity contribution in [1.29, 1.82) is 0 Å². The van der Waals surface area contributed by atoms with Crippen LogP contribution in [0.4, 0.5) is 0 Å². The third-order valence-corrected chi connectivity index (χ3v) is 4.83. The quantitative estimate of drug-likeness (QED) is 0.0526. The van der Waals surface area contributed by atoms with Crippen LogP contribution in [0.25, 0.3) is 0 Å². The molecule has 0 rings (SSSR count). The number of hydrogen-bond acceptors (Lipinski definition) is 8. The molecular formula is C20H35N7O9. The van der Waals surface area contributed by atoms with Gasteiger partial charge in [-0.15, -0.1) is 0 Å². The summed E-state index contributed by atoms with van der Waals surface area (Å²) in [5, 5.41) is 34.0. The minimum Gasteiger partial charge on any atom is -0.481 e. The van der Waals surface area contributed by atoms with Crippen molar-refractivity contribution in [3.63, 3.8) is 0 Å². The highest BCUT2D eigenvalue weighted by atomic mass is 16.4. The molecule has 0 saturated carbocycles. The minimum atomic E-state index is -1.65. The fourth-order valence-electron chi connectivity index (χ4n) is 2.88. The first-order valence-corrected chi connectivity index (χ1v) is 11.0. The number of nitrogens with two attached hydrogens (primary N) is 3. The van der Waals surface area contributed by atoms with E-state index in [9.17, 15) is 33.9 Å². The first-order valence-electron chi connectivity index (χ1n) is 11.0. The van der Waals surface area contributed by atoms with E-state index in [2.05, 4.69) is 20.9 Å². The van der Waals surface area contributed by atoms with Gasteiger partial charge in [-0.25, -0.2) is 4.79 Å². The molecule has 0 aliphatic heterocycles. The smallest absolute Gasteiger partial charge is 0.326 e. The molecule has 0 heterocycles.